The van der Waals surface area contributed by atoms with Crippen LogP contribution >= 0.6 is 0 Å². The van der Waals surface area contributed by atoms with E-state index in [1.807, 2.05) is 0 Å². The second kappa shape index (κ2) is 18.0. The van der Waals surface area contributed by atoms with Crippen LogP contribution in [0.3, 0.4) is 0 Å². The van der Waals surface area contributed by atoms with Crippen LogP contribution in [0.5, 0.6) is 23.0 Å². The van der Waals surface area contributed by atoms with Crippen LogP contribution < -0.4 is 18.9 Å². The topological polar surface area (TPSA) is 186 Å². The van der Waals surface area contributed by atoms with Crippen LogP contribution in [-0.2, 0) is 19.2 Å². The van der Waals surface area contributed by atoms with Crippen molar-refractivity contribution in [1.29, 1.82) is 0 Å². The highest BCUT2D eigenvalue weighted by atomic mass is 16.6. The van der Waals surface area contributed by atoms with Gasteiger partial charge < -0.3 is 39.4 Å². The molecule has 0 spiro atoms. The van der Waals surface area contributed by atoms with Gasteiger partial charge in [0.05, 0.1) is 40.6 Å². The van der Waals surface area contributed by atoms with Crippen molar-refractivity contribution >= 4 is 35.7 Å². The summed E-state index contributed by atoms with van der Waals surface area (Å²) in [5.74, 6) is -2.39. The third-order valence-electron chi connectivity index (χ3n) is 7.95. The number of ketones is 2. The minimum atomic E-state index is -1.56. The Bertz CT molecular complexity index is 1460. The standard InChI is InChI=1S/C37H44O12/c1-7-17-37(18-8-2,31(42)15-11-25-9-13-27(29(19-25)46-5)48-33(44)35(3,21-38)22-39)32(43)16-12-26-10-14-28(30(20-26)47-6)49-34(45)36(4,23-40)24-41/h7-16,19-20,38-41H,1-2,17-18,21-24H2,3-6H3/b15-11+,16-12+. The molecule has 4 N–H and O–H groups in total. The number of hydrogen-bond donors (Lipinski definition) is 4. The maximum Gasteiger partial charge on any atom is 0.322 e. The summed E-state index contributed by atoms with van der Waals surface area (Å²) in [6.45, 7) is 7.64. The Morgan fingerprint density at radius 1 is 0.633 bits per heavy atom. The molecular weight excluding hydrogens is 636 g/mol. The first-order valence-electron chi connectivity index (χ1n) is 15.2. The van der Waals surface area contributed by atoms with Crippen LogP contribution in [0.15, 0.2) is 73.9 Å². The summed E-state index contributed by atoms with van der Waals surface area (Å²) in [5.41, 5.74) is -3.64. The first-order chi connectivity index (χ1) is 23.3. The fourth-order valence-electron chi connectivity index (χ4n) is 4.31. The van der Waals surface area contributed by atoms with Gasteiger partial charge in [0.1, 0.15) is 16.2 Å². The highest BCUT2D eigenvalue weighted by Crippen LogP contribution is 2.35. The van der Waals surface area contributed by atoms with Crippen molar-refractivity contribution in [3.05, 3.63) is 85.0 Å². The Morgan fingerprint density at radius 2 is 0.980 bits per heavy atom. The minimum absolute atomic E-state index is 0.00471. The molecule has 0 saturated heterocycles. The number of carbonyl (C=O) groups excluding carboxylic acids is 4. The van der Waals surface area contributed by atoms with Crippen molar-refractivity contribution in [3.8, 4) is 23.0 Å². The average Bonchev–Trinajstić information content (AvgIpc) is 3.12. The molecule has 12 heteroatoms. The van der Waals surface area contributed by atoms with Gasteiger partial charge in [-0.05, 0) is 74.2 Å². The van der Waals surface area contributed by atoms with E-state index in [1.54, 1.807) is 12.1 Å². The van der Waals surface area contributed by atoms with Gasteiger partial charge in [-0.3, -0.25) is 19.2 Å². The normalized spacial score (nSPS) is 12.1. The lowest BCUT2D eigenvalue weighted by Gasteiger charge is -2.26. The molecule has 0 heterocycles. The summed E-state index contributed by atoms with van der Waals surface area (Å²) in [4.78, 5) is 52.4. The van der Waals surface area contributed by atoms with Crippen LogP contribution in [0.4, 0.5) is 0 Å². The van der Waals surface area contributed by atoms with Gasteiger partial charge in [0.15, 0.2) is 34.6 Å². The molecule has 0 saturated carbocycles. The van der Waals surface area contributed by atoms with Gasteiger partial charge >= 0.3 is 11.9 Å². The van der Waals surface area contributed by atoms with E-state index in [2.05, 4.69) is 13.2 Å². The molecule has 2 rings (SSSR count). The highest BCUT2D eigenvalue weighted by Gasteiger charge is 2.41. The Kier molecular flexibility index (Phi) is 14.8. The lowest BCUT2D eigenvalue weighted by molar-refractivity contribution is -0.151. The predicted molar refractivity (Wildman–Crippen MR) is 182 cm³/mol. The molecule has 0 fully saturated rings. The fraction of sp³-hybridized carbons (Fsp3) is 0.351. The number of ether oxygens (including phenoxy) is 4. The number of benzene rings is 2. The summed E-state index contributed by atoms with van der Waals surface area (Å²) < 4.78 is 21.3. The van der Waals surface area contributed by atoms with Crippen LogP contribution in [0.25, 0.3) is 12.2 Å². The van der Waals surface area contributed by atoms with Gasteiger partial charge in [-0.2, -0.15) is 0 Å². The number of aliphatic hydroxyl groups is 4. The zero-order valence-electron chi connectivity index (χ0n) is 28.1. The molecule has 0 aliphatic heterocycles. The SMILES string of the molecule is C=CCC(CC=C)(C(=O)/C=C/c1ccc(OC(=O)C(C)(CO)CO)c(OC)c1)C(=O)/C=C/c1ccc(OC(=O)C(C)(CO)CO)c(OC)c1. The molecular formula is C37H44O12. The number of rotatable bonds is 20. The van der Waals surface area contributed by atoms with Crippen molar-refractivity contribution in [3.63, 3.8) is 0 Å². The van der Waals surface area contributed by atoms with Crippen LogP contribution in [-0.4, -0.2) is 84.6 Å². The fourth-order valence-corrected chi connectivity index (χ4v) is 4.31. The Balaban J connectivity index is 2.37. The van der Waals surface area contributed by atoms with Crippen LogP contribution in [0.2, 0.25) is 0 Å². The quantitative estimate of drug-likeness (QED) is 0.0525. The molecule has 0 aliphatic carbocycles. The number of esters is 2. The van der Waals surface area contributed by atoms with Crippen molar-refractivity contribution < 1.29 is 58.6 Å². The van der Waals surface area contributed by atoms with Crippen molar-refractivity contribution in [2.45, 2.75) is 26.7 Å². The van der Waals surface area contributed by atoms with Gasteiger partial charge in [0.25, 0.3) is 0 Å². The first kappa shape index (κ1) is 40.3. The van der Waals surface area contributed by atoms with Crippen LogP contribution in [0.1, 0.15) is 37.8 Å². The largest absolute Gasteiger partial charge is 0.493 e. The van der Waals surface area contributed by atoms with Gasteiger partial charge in [0.2, 0.25) is 0 Å². The van der Waals surface area contributed by atoms with Crippen molar-refractivity contribution in [2.24, 2.45) is 16.2 Å². The zero-order valence-corrected chi connectivity index (χ0v) is 28.1. The van der Waals surface area contributed by atoms with Gasteiger partial charge in [-0.15, -0.1) is 13.2 Å². The third-order valence-corrected chi connectivity index (χ3v) is 7.95. The summed E-state index contributed by atoms with van der Waals surface area (Å²) in [5, 5.41) is 37.9. The molecule has 0 bridgehead atoms. The van der Waals surface area contributed by atoms with E-state index in [9.17, 15) is 39.6 Å². The molecule has 0 amide bonds. The second-order valence-corrected chi connectivity index (χ2v) is 11.8. The number of carbonyl (C=O) groups is 4. The Labute approximate surface area is 285 Å². The van der Waals surface area contributed by atoms with Gasteiger partial charge in [-0.1, -0.05) is 36.4 Å². The molecule has 0 aliphatic rings. The Morgan fingerprint density at radius 3 is 1.27 bits per heavy atom. The molecule has 0 atom stereocenters. The van der Waals surface area contributed by atoms with Crippen molar-refractivity contribution in [1.82, 2.24) is 0 Å². The van der Waals surface area contributed by atoms with E-state index in [0.717, 1.165) is 0 Å². The van der Waals surface area contributed by atoms with E-state index in [4.69, 9.17) is 18.9 Å². The number of hydrogen-bond acceptors (Lipinski definition) is 12. The first-order valence-corrected chi connectivity index (χ1v) is 15.2. The molecule has 264 valence electrons. The summed E-state index contributed by atoms with van der Waals surface area (Å²) in [6, 6.07) is 8.99. The Hall–Kier alpha value is -4.88. The van der Waals surface area contributed by atoms with E-state index in [1.165, 1.54) is 88.8 Å². The number of aliphatic hydroxyl groups excluding tert-OH is 4. The maximum absolute atomic E-state index is 13.7. The van der Waals surface area contributed by atoms with E-state index in [-0.39, 0.29) is 35.8 Å². The minimum Gasteiger partial charge on any atom is -0.493 e. The second-order valence-electron chi connectivity index (χ2n) is 11.8. The molecule has 0 aromatic heterocycles. The molecule has 2 aromatic rings. The summed E-state index contributed by atoms with van der Waals surface area (Å²) in [6.07, 6.45) is 8.41. The average molecular weight is 681 g/mol. The maximum atomic E-state index is 13.7. The summed E-state index contributed by atoms with van der Waals surface area (Å²) in [7, 11) is 2.71. The van der Waals surface area contributed by atoms with E-state index >= 15 is 0 Å². The van der Waals surface area contributed by atoms with Gasteiger partial charge in [0, 0.05) is 0 Å². The molecule has 0 radical (unpaired) electrons. The molecule has 2 aromatic carbocycles. The predicted octanol–water partition coefficient (Wildman–Crippen LogP) is 3.50. The molecule has 0 unspecified atom stereocenters. The highest BCUT2D eigenvalue weighted by molar-refractivity contribution is 6.17. The molecule has 49 heavy (non-hydrogen) atoms. The van der Waals surface area contributed by atoms with Gasteiger partial charge in [-0.25, -0.2) is 0 Å². The smallest absolute Gasteiger partial charge is 0.322 e. The third kappa shape index (κ3) is 9.61. The molecule has 12 nitrogen and oxygen atoms in total. The summed E-state index contributed by atoms with van der Waals surface area (Å²) >= 11 is 0. The monoisotopic (exact) mass is 680 g/mol. The lowest BCUT2D eigenvalue weighted by atomic mass is 9.73. The van der Waals surface area contributed by atoms with Crippen molar-refractivity contribution in [2.75, 3.05) is 40.6 Å². The lowest BCUT2D eigenvalue weighted by Crippen LogP contribution is -2.38. The zero-order chi connectivity index (χ0) is 36.8. The van der Waals surface area contributed by atoms with E-state index < -0.39 is 66.2 Å². The number of allylic oxidation sites excluding steroid dienone is 4. The van der Waals surface area contributed by atoms with E-state index in [0.29, 0.717) is 11.1 Å². The number of methoxy groups -OCH3 is 2. The van der Waals surface area contributed by atoms with Crippen LogP contribution in [0, 0.1) is 16.2 Å².